The van der Waals surface area contributed by atoms with E-state index in [1.165, 1.54) is 0 Å². The molecule has 0 unspecified atom stereocenters. The van der Waals surface area contributed by atoms with Crippen LogP contribution in [-0.4, -0.2) is 28.1 Å². The van der Waals surface area contributed by atoms with Gasteiger partial charge in [0.25, 0.3) is 5.91 Å². The highest BCUT2D eigenvalue weighted by atomic mass is 35.5. The molecule has 1 aromatic carbocycles. The molecule has 5 heteroatoms. The predicted octanol–water partition coefficient (Wildman–Crippen LogP) is 3.87. The molecule has 0 saturated heterocycles. The van der Waals surface area contributed by atoms with Gasteiger partial charge in [0.2, 0.25) is 0 Å². The second kappa shape index (κ2) is 6.69. The fourth-order valence-corrected chi connectivity index (χ4v) is 3.89. The first-order valence-electron chi connectivity index (χ1n) is 8.44. The number of nitrogens with zero attached hydrogens (tertiary/aromatic N) is 1. The number of carbonyl (C=O) groups excluding carboxylic acids is 1. The maximum atomic E-state index is 12.7. The second-order valence-electron chi connectivity index (χ2n) is 7.05. The lowest BCUT2D eigenvalue weighted by atomic mass is 9.79. The molecule has 0 bridgehead atoms. The van der Waals surface area contributed by atoms with Gasteiger partial charge in [-0.2, -0.15) is 0 Å². The standard InChI is InChI=1S/C19H23ClN2O2/c1-12-4-3-9-19(24,10-12)11-21-18(23)17-14-6-5-13(2)22-16(14)8-7-15(17)20/h5-8,12,24H,3-4,9-11H2,1-2H3,(H,21,23)/t12-,19-/m0/s1. The maximum absolute atomic E-state index is 12.7. The van der Waals surface area contributed by atoms with Gasteiger partial charge in [-0.25, -0.2) is 0 Å². The number of hydrogen-bond donors (Lipinski definition) is 2. The summed E-state index contributed by atoms with van der Waals surface area (Å²) in [5, 5.41) is 14.7. The molecule has 1 heterocycles. The average molecular weight is 347 g/mol. The minimum absolute atomic E-state index is 0.252. The van der Waals surface area contributed by atoms with Crippen molar-refractivity contribution in [2.45, 2.75) is 45.1 Å². The van der Waals surface area contributed by atoms with E-state index in [0.717, 1.165) is 42.3 Å². The van der Waals surface area contributed by atoms with Crippen molar-refractivity contribution in [3.63, 3.8) is 0 Å². The van der Waals surface area contributed by atoms with Gasteiger partial charge in [0, 0.05) is 17.6 Å². The molecule has 1 aromatic heterocycles. The fraction of sp³-hybridized carbons (Fsp3) is 0.474. The van der Waals surface area contributed by atoms with E-state index in [0.29, 0.717) is 16.5 Å². The summed E-state index contributed by atoms with van der Waals surface area (Å²) in [6.07, 6.45) is 3.57. The van der Waals surface area contributed by atoms with Crippen molar-refractivity contribution in [1.82, 2.24) is 10.3 Å². The van der Waals surface area contributed by atoms with E-state index >= 15 is 0 Å². The molecular weight excluding hydrogens is 324 g/mol. The zero-order chi connectivity index (χ0) is 17.3. The van der Waals surface area contributed by atoms with Gasteiger partial charge >= 0.3 is 0 Å². The monoisotopic (exact) mass is 346 g/mol. The molecular formula is C19H23ClN2O2. The number of aromatic nitrogens is 1. The number of aliphatic hydroxyl groups is 1. The normalized spacial score (nSPS) is 24.1. The summed E-state index contributed by atoms with van der Waals surface area (Å²) in [6.45, 7) is 4.30. The first-order valence-corrected chi connectivity index (χ1v) is 8.82. The summed E-state index contributed by atoms with van der Waals surface area (Å²) in [6, 6.07) is 7.25. The number of fused-ring (bicyclic) bond motifs is 1. The Morgan fingerprint density at radius 3 is 2.96 bits per heavy atom. The van der Waals surface area contributed by atoms with E-state index in [9.17, 15) is 9.90 Å². The lowest BCUT2D eigenvalue weighted by Gasteiger charge is -2.35. The third kappa shape index (κ3) is 3.55. The van der Waals surface area contributed by atoms with Gasteiger partial charge in [-0.1, -0.05) is 37.4 Å². The van der Waals surface area contributed by atoms with Gasteiger partial charge in [-0.05, 0) is 43.9 Å². The van der Waals surface area contributed by atoms with E-state index in [1.807, 2.05) is 25.1 Å². The molecule has 2 aromatic rings. The van der Waals surface area contributed by atoms with Crippen molar-refractivity contribution in [1.29, 1.82) is 0 Å². The van der Waals surface area contributed by atoms with Crippen LogP contribution < -0.4 is 5.32 Å². The van der Waals surface area contributed by atoms with Gasteiger partial charge in [-0.3, -0.25) is 9.78 Å². The highest BCUT2D eigenvalue weighted by Crippen LogP contribution is 2.32. The zero-order valence-electron chi connectivity index (χ0n) is 14.1. The number of benzene rings is 1. The third-order valence-electron chi connectivity index (χ3n) is 4.83. The Balaban J connectivity index is 1.82. The third-order valence-corrected chi connectivity index (χ3v) is 5.15. The number of nitrogens with one attached hydrogen (secondary N) is 1. The van der Waals surface area contributed by atoms with E-state index < -0.39 is 5.60 Å². The van der Waals surface area contributed by atoms with Crippen molar-refractivity contribution in [3.05, 3.63) is 40.5 Å². The fourth-order valence-electron chi connectivity index (χ4n) is 3.64. The van der Waals surface area contributed by atoms with Crippen molar-refractivity contribution in [3.8, 4) is 0 Å². The van der Waals surface area contributed by atoms with Crippen LogP contribution in [0, 0.1) is 12.8 Å². The molecule has 24 heavy (non-hydrogen) atoms. The Kier molecular flexibility index (Phi) is 4.79. The number of aryl methyl sites for hydroxylation is 1. The van der Waals surface area contributed by atoms with Crippen LogP contribution in [0.4, 0.5) is 0 Å². The molecule has 3 rings (SSSR count). The predicted molar refractivity (Wildman–Crippen MR) is 96.4 cm³/mol. The molecule has 1 aliphatic carbocycles. The highest BCUT2D eigenvalue weighted by molar-refractivity contribution is 6.35. The van der Waals surface area contributed by atoms with Gasteiger partial charge in [0.1, 0.15) is 0 Å². The molecule has 0 spiro atoms. The Morgan fingerprint density at radius 2 is 2.21 bits per heavy atom. The molecule has 1 fully saturated rings. The molecule has 4 nitrogen and oxygen atoms in total. The first-order chi connectivity index (χ1) is 11.4. The van der Waals surface area contributed by atoms with Crippen molar-refractivity contribution in [2.24, 2.45) is 5.92 Å². The summed E-state index contributed by atoms with van der Waals surface area (Å²) in [5.74, 6) is 0.219. The quantitative estimate of drug-likeness (QED) is 0.886. The number of pyridine rings is 1. The van der Waals surface area contributed by atoms with Crippen molar-refractivity contribution < 1.29 is 9.90 Å². The van der Waals surface area contributed by atoms with Gasteiger partial charge in [0.15, 0.2) is 0 Å². The van der Waals surface area contributed by atoms with Gasteiger partial charge in [-0.15, -0.1) is 0 Å². The molecule has 2 atom stereocenters. The maximum Gasteiger partial charge on any atom is 0.253 e. The number of hydrogen-bond acceptors (Lipinski definition) is 3. The first kappa shape index (κ1) is 17.2. The lowest BCUT2D eigenvalue weighted by molar-refractivity contribution is -0.0109. The number of carbonyl (C=O) groups is 1. The van der Waals surface area contributed by atoms with Crippen LogP contribution in [-0.2, 0) is 0 Å². The SMILES string of the molecule is Cc1ccc2c(C(=O)NC[C@]3(O)CCC[C@H](C)C3)c(Cl)ccc2n1. The van der Waals surface area contributed by atoms with E-state index in [2.05, 4.69) is 17.2 Å². The number of amides is 1. The molecule has 1 aliphatic rings. The Morgan fingerprint density at radius 1 is 1.42 bits per heavy atom. The van der Waals surface area contributed by atoms with E-state index in [-0.39, 0.29) is 12.5 Å². The lowest BCUT2D eigenvalue weighted by Crippen LogP contribution is -2.45. The zero-order valence-corrected chi connectivity index (χ0v) is 14.9. The van der Waals surface area contributed by atoms with Crippen LogP contribution in [0.1, 0.15) is 48.7 Å². The van der Waals surface area contributed by atoms with E-state index in [1.54, 1.807) is 6.07 Å². The summed E-state index contributed by atoms with van der Waals surface area (Å²) in [7, 11) is 0. The van der Waals surface area contributed by atoms with Crippen LogP contribution >= 0.6 is 11.6 Å². The minimum Gasteiger partial charge on any atom is -0.388 e. The summed E-state index contributed by atoms with van der Waals surface area (Å²) >= 11 is 6.27. The summed E-state index contributed by atoms with van der Waals surface area (Å²) in [5.41, 5.74) is 1.24. The largest absolute Gasteiger partial charge is 0.388 e. The van der Waals surface area contributed by atoms with Crippen LogP contribution in [0.25, 0.3) is 10.9 Å². The van der Waals surface area contributed by atoms with E-state index in [4.69, 9.17) is 11.6 Å². The van der Waals surface area contributed by atoms with Crippen LogP contribution in [0.3, 0.4) is 0 Å². The summed E-state index contributed by atoms with van der Waals surface area (Å²) < 4.78 is 0. The Hall–Kier alpha value is -1.65. The topological polar surface area (TPSA) is 62.2 Å². The molecule has 1 saturated carbocycles. The van der Waals surface area contributed by atoms with Crippen molar-refractivity contribution in [2.75, 3.05) is 6.54 Å². The smallest absolute Gasteiger partial charge is 0.253 e. The Labute approximate surface area is 147 Å². The highest BCUT2D eigenvalue weighted by Gasteiger charge is 2.33. The van der Waals surface area contributed by atoms with Crippen molar-refractivity contribution >= 4 is 28.4 Å². The Bertz CT molecular complexity index is 777. The summed E-state index contributed by atoms with van der Waals surface area (Å²) in [4.78, 5) is 17.1. The van der Waals surface area contributed by atoms with Crippen LogP contribution in [0.5, 0.6) is 0 Å². The number of halogens is 1. The van der Waals surface area contributed by atoms with Crippen LogP contribution in [0.15, 0.2) is 24.3 Å². The minimum atomic E-state index is -0.820. The molecule has 2 N–H and O–H groups in total. The molecule has 0 radical (unpaired) electrons. The molecule has 0 aliphatic heterocycles. The average Bonchev–Trinajstić information content (AvgIpc) is 2.52. The molecule has 128 valence electrons. The number of rotatable bonds is 3. The molecule has 1 amide bonds. The van der Waals surface area contributed by atoms with Crippen LogP contribution in [0.2, 0.25) is 5.02 Å². The van der Waals surface area contributed by atoms with Gasteiger partial charge < -0.3 is 10.4 Å². The second-order valence-corrected chi connectivity index (χ2v) is 7.46. The van der Waals surface area contributed by atoms with Gasteiger partial charge in [0.05, 0.1) is 21.7 Å².